The average molecular weight is 337 g/mol. The van der Waals surface area contributed by atoms with Gasteiger partial charge in [-0.15, -0.1) is 0 Å². The molecule has 0 unspecified atom stereocenters. The number of ether oxygens (including phenoxy) is 1. The number of piperidine rings is 1. The lowest BCUT2D eigenvalue weighted by Gasteiger charge is -2.31. The van der Waals surface area contributed by atoms with Crippen molar-refractivity contribution in [2.45, 2.75) is 31.2 Å². The fourth-order valence-electron chi connectivity index (χ4n) is 3.21. The van der Waals surface area contributed by atoms with Gasteiger partial charge >= 0.3 is 6.09 Å². The van der Waals surface area contributed by atoms with E-state index in [1.54, 1.807) is 4.90 Å². The van der Waals surface area contributed by atoms with Crippen molar-refractivity contribution in [1.82, 2.24) is 10.2 Å². The molecular weight excluding hydrogens is 316 g/mol. The Bertz CT molecular complexity index is 582. The van der Waals surface area contributed by atoms with E-state index in [0.29, 0.717) is 24.0 Å². The minimum atomic E-state index is -0.292. The standard InChI is InChI=1S/C17H21ClN2O3/c1-23-17(22)20-8-6-13(7-9-20)19-16(21)15-10-14(15)11-2-4-12(18)5-3-11/h2-5,13-15H,6-10H2,1H3,(H,19,21)/t14-,15+/m1/s1. The first-order valence-electron chi connectivity index (χ1n) is 7.97. The summed E-state index contributed by atoms with van der Waals surface area (Å²) < 4.78 is 4.72. The molecule has 5 nitrogen and oxygen atoms in total. The van der Waals surface area contributed by atoms with E-state index in [0.717, 1.165) is 19.3 Å². The van der Waals surface area contributed by atoms with Gasteiger partial charge in [0.05, 0.1) is 7.11 Å². The van der Waals surface area contributed by atoms with Crippen LogP contribution in [0.5, 0.6) is 0 Å². The number of halogens is 1. The highest BCUT2D eigenvalue weighted by atomic mass is 35.5. The van der Waals surface area contributed by atoms with Gasteiger partial charge < -0.3 is 15.0 Å². The predicted octanol–water partition coefficient (Wildman–Crippen LogP) is 2.79. The highest BCUT2D eigenvalue weighted by Gasteiger charge is 2.44. The SMILES string of the molecule is COC(=O)N1CCC(NC(=O)[C@H]2C[C@@H]2c2ccc(Cl)cc2)CC1. The van der Waals surface area contributed by atoms with E-state index in [-0.39, 0.29) is 24.0 Å². The van der Waals surface area contributed by atoms with E-state index in [1.165, 1.54) is 12.7 Å². The maximum Gasteiger partial charge on any atom is 0.409 e. The fourth-order valence-corrected chi connectivity index (χ4v) is 3.33. The Hall–Kier alpha value is -1.75. The average Bonchev–Trinajstić information content (AvgIpc) is 3.36. The van der Waals surface area contributed by atoms with Gasteiger partial charge in [0.1, 0.15) is 0 Å². The molecule has 1 heterocycles. The van der Waals surface area contributed by atoms with Crippen LogP contribution in [0.25, 0.3) is 0 Å². The van der Waals surface area contributed by atoms with Crippen LogP contribution in [0.2, 0.25) is 5.02 Å². The van der Waals surface area contributed by atoms with Crippen molar-refractivity contribution >= 4 is 23.6 Å². The topological polar surface area (TPSA) is 58.6 Å². The van der Waals surface area contributed by atoms with E-state index in [2.05, 4.69) is 5.32 Å². The van der Waals surface area contributed by atoms with Crippen LogP contribution in [0.1, 0.15) is 30.7 Å². The maximum absolute atomic E-state index is 12.4. The van der Waals surface area contributed by atoms with Gasteiger partial charge in [-0.05, 0) is 42.9 Å². The number of nitrogens with zero attached hydrogens (tertiary/aromatic N) is 1. The summed E-state index contributed by atoms with van der Waals surface area (Å²) in [7, 11) is 1.39. The first kappa shape index (κ1) is 16.1. The largest absolute Gasteiger partial charge is 0.453 e. The van der Waals surface area contributed by atoms with E-state index in [4.69, 9.17) is 16.3 Å². The number of likely N-dealkylation sites (tertiary alicyclic amines) is 1. The molecule has 0 spiro atoms. The quantitative estimate of drug-likeness (QED) is 0.923. The smallest absolute Gasteiger partial charge is 0.409 e. The third-order valence-electron chi connectivity index (χ3n) is 4.70. The predicted molar refractivity (Wildman–Crippen MR) is 87.4 cm³/mol. The summed E-state index contributed by atoms with van der Waals surface area (Å²) in [5.41, 5.74) is 1.18. The molecule has 1 saturated carbocycles. The van der Waals surface area contributed by atoms with E-state index in [1.807, 2.05) is 24.3 Å². The van der Waals surface area contributed by atoms with Crippen LogP contribution in [0.4, 0.5) is 4.79 Å². The first-order chi connectivity index (χ1) is 11.1. The number of carbonyl (C=O) groups is 2. The molecule has 2 fully saturated rings. The fraction of sp³-hybridized carbons (Fsp3) is 0.529. The molecule has 6 heteroatoms. The molecule has 1 N–H and O–H groups in total. The molecule has 2 atom stereocenters. The molecule has 1 aromatic rings. The van der Waals surface area contributed by atoms with E-state index < -0.39 is 0 Å². The Labute approximate surface area is 140 Å². The third kappa shape index (κ3) is 3.78. The molecule has 2 amide bonds. The lowest BCUT2D eigenvalue weighted by atomic mass is 10.0. The summed E-state index contributed by atoms with van der Waals surface area (Å²) in [6.07, 6.45) is 2.16. The Kier molecular flexibility index (Phi) is 4.76. The van der Waals surface area contributed by atoms with Crippen molar-refractivity contribution in [1.29, 1.82) is 0 Å². The zero-order valence-electron chi connectivity index (χ0n) is 13.1. The van der Waals surface area contributed by atoms with Gasteiger partial charge in [-0.3, -0.25) is 4.79 Å². The molecule has 1 aliphatic heterocycles. The summed E-state index contributed by atoms with van der Waals surface area (Å²) in [5, 5.41) is 3.84. The normalized spacial score (nSPS) is 24.2. The molecule has 3 rings (SSSR count). The second-order valence-electron chi connectivity index (χ2n) is 6.24. The number of carbonyl (C=O) groups excluding carboxylic acids is 2. The van der Waals surface area contributed by atoms with Crippen molar-refractivity contribution in [3.63, 3.8) is 0 Å². The second kappa shape index (κ2) is 6.79. The minimum Gasteiger partial charge on any atom is -0.453 e. The lowest BCUT2D eigenvalue weighted by Crippen LogP contribution is -2.47. The van der Waals surface area contributed by atoms with Crippen LogP contribution >= 0.6 is 11.6 Å². The molecule has 23 heavy (non-hydrogen) atoms. The van der Waals surface area contributed by atoms with Crippen LogP contribution < -0.4 is 5.32 Å². The summed E-state index contributed by atoms with van der Waals surface area (Å²) in [6.45, 7) is 1.26. The second-order valence-corrected chi connectivity index (χ2v) is 6.68. The first-order valence-corrected chi connectivity index (χ1v) is 8.35. The maximum atomic E-state index is 12.4. The summed E-state index contributed by atoms with van der Waals surface area (Å²) in [5.74, 6) is 0.499. The molecular formula is C17H21ClN2O3. The van der Waals surface area contributed by atoms with Gasteiger partial charge in [0.15, 0.2) is 0 Å². The third-order valence-corrected chi connectivity index (χ3v) is 4.95. The summed E-state index contributed by atoms with van der Waals surface area (Å²) >= 11 is 5.89. The van der Waals surface area contributed by atoms with E-state index >= 15 is 0 Å². The van der Waals surface area contributed by atoms with Gasteiger partial charge in [-0.1, -0.05) is 23.7 Å². The van der Waals surface area contributed by atoms with Crippen LogP contribution in [0.15, 0.2) is 24.3 Å². The van der Waals surface area contributed by atoms with Gasteiger partial charge in [0.25, 0.3) is 0 Å². The Morgan fingerprint density at radius 3 is 2.48 bits per heavy atom. The van der Waals surface area contributed by atoms with Crippen LogP contribution in [-0.4, -0.2) is 43.1 Å². The Balaban J connectivity index is 1.46. The summed E-state index contributed by atoms with van der Waals surface area (Å²) in [6, 6.07) is 7.87. The molecule has 1 saturated heterocycles. The number of hydrogen-bond donors (Lipinski definition) is 1. The number of nitrogens with one attached hydrogen (secondary N) is 1. The minimum absolute atomic E-state index is 0.0646. The number of methoxy groups -OCH3 is 1. The Morgan fingerprint density at radius 1 is 1.22 bits per heavy atom. The highest BCUT2D eigenvalue weighted by molar-refractivity contribution is 6.30. The zero-order chi connectivity index (χ0) is 16.4. The van der Waals surface area contributed by atoms with Crippen LogP contribution in [-0.2, 0) is 9.53 Å². The summed E-state index contributed by atoms with van der Waals surface area (Å²) in [4.78, 5) is 25.5. The van der Waals surface area contributed by atoms with E-state index in [9.17, 15) is 9.59 Å². The van der Waals surface area contributed by atoms with Crippen molar-refractivity contribution in [2.75, 3.05) is 20.2 Å². The van der Waals surface area contributed by atoms with Gasteiger partial charge in [0, 0.05) is 30.1 Å². The molecule has 124 valence electrons. The monoisotopic (exact) mass is 336 g/mol. The van der Waals surface area contributed by atoms with Crippen LogP contribution in [0, 0.1) is 5.92 Å². The molecule has 1 aliphatic carbocycles. The number of benzene rings is 1. The van der Waals surface area contributed by atoms with Crippen molar-refractivity contribution < 1.29 is 14.3 Å². The van der Waals surface area contributed by atoms with Crippen molar-refractivity contribution in [2.24, 2.45) is 5.92 Å². The van der Waals surface area contributed by atoms with Crippen LogP contribution in [0.3, 0.4) is 0 Å². The van der Waals surface area contributed by atoms with Crippen molar-refractivity contribution in [3.8, 4) is 0 Å². The van der Waals surface area contributed by atoms with Gasteiger partial charge in [-0.2, -0.15) is 0 Å². The molecule has 0 radical (unpaired) electrons. The molecule has 0 aromatic heterocycles. The molecule has 2 aliphatic rings. The highest BCUT2D eigenvalue weighted by Crippen LogP contribution is 2.47. The van der Waals surface area contributed by atoms with Gasteiger partial charge in [0.2, 0.25) is 5.91 Å². The molecule has 0 bridgehead atoms. The number of amides is 2. The number of rotatable bonds is 3. The Morgan fingerprint density at radius 2 is 1.87 bits per heavy atom. The zero-order valence-corrected chi connectivity index (χ0v) is 13.9. The molecule has 1 aromatic carbocycles. The number of hydrogen-bond acceptors (Lipinski definition) is 3. The van der Waals surface area contributed by atoms with Gasteiger partial charge in [-0.25, -0.2) is 4.79 Å². The lowest BCUT2D eigenvalue weighted by molar-refractivity contribution is -0.123. The van der Waals surface area contributed by atoms with Crippen molar-refractivity contribution in [3.05, 3.63) is 34.9 Å².